The van der Waals surface area contributed by atoms with Crippen molar-refractivity contribution >= 4 is 0 Å². The Kier molecular flexibility index (Phi) is 4.82. The largest absolute Gasteiger partial charge is 0.435 e. The Bertz CT molecular complexity index is 620. The lowest BCUT2D eigenvalue weighted by Crippen LogP contribution is -2.29. The zero-order valence-electron chi connectivity index (χ0n) is 11.3. The minimum Gasteiger partial charge on any atom is -0.435 e. The first kappa shape index (κ1) is 15.3. The van der Waals surface area contributed by atoms with E-state index in [-0.39, 0.29) is 11.6 Å². The van der Waals surface area contributed by atoms with Crippen molar-refractivity contribution in [2.75, 3.05) is 0 Å². The summed E-state index contributed by atoms with van der Waals surface area (Å²) < 4.78 is 42.1. The summed E-state index contributed by atoms with van der Waals surface area (Å²) in [7, 11) is 0. The van der Waals surface area contributed by atoms with Gasteiger partial charge < -0.3 is 4.74 Å². The molecular weight excluding hydrogens is 281 g/mol. The highest BCUT2D eigenvalue weighted by atomic mass is 19.3. The summed E-state index contributed by atoms with van der Waals surface area (Å²) >= 11 is 0. The van der Waals surface area contributed by atoms with Crippen LogP contribution in [0.5, 0.6) is 5.75 Å². The number of nitrogens with one attached hydrogen (secondary N) is 1. The van der Waals surface area contributed by atoms with E-state index in [0.717, 1.165) is 5.56 Å². The van der Waals surface area contributed by atoms with Crippen LogP contribution in [0.4, 0.5) is 13.2 Å². The number of hydrazine groups is 1. The Hall–Kier alpha value is -2.05. The summed E-state index contributed by atoms with van der Waals surface area (Å²) in [5, 5.41) is 0. The summed E-state index contributed by atoms with van der Waals surface area (Å²) in [5.74, 6) is 5.26. The van der Waals surface area contributed by atoms with Crippen molar-refractivity contribution in [2.24, 2.45) is 5.84 Å². The van der Waals surface area contributed by atoms with E-state index in [9.17, 15) is 13.2 Å². The van der Waals surface area contributed by atoms with Crippen LogP contribution in [0, 0.1) is 12.7 Å². The van der Waals surface area contributed by atoms with E-state index in [1.807, 2.05) is 0 Å². The van der Waals surface area contributed by atoms with Crippen LogP contribution in [0.25, 0.3) is 0 Å². The average molecular weight is 296 g/mol. The molecule has 3 nitrogen and oxygen atoms in total. The lowest BCUT2D eigenvalue weighted by Gasteiger charge is -2.20. The van der Waals surface area contributed by atoms with Gasteiger partial charge in [0, 0.05) is 0 Å². The summed E-state index contributed by atoms with van der Waals surface area (Å²) in [6.07, 6.45) is 0. The highest BCUT2D eigenvalue weighted by Gasteiger charge is 2.16. The molecule has 0 aliphatic rings. The first-order valence-electron chi connectivity index (χ1n) is 6.28. The minimum atomic E-state index is -2.89. The molecule has 1 unspecified atom stereocenters. The molecule has 0 radical (unpaired) electrons. The van der Waals surface area contributed by atoms with Crippen molar-refractivity contribution in [2.45, 2.75) is 19.6 Å². The van der Waals surface area contributed by atoms with E-state index in [2.05, 4.69) is 10.2 Å². The fraction of sp³-hybridized carbons (Fsp3) is 0.200. The Morgan fingerprint density at radius 3 is 2.52 bits per heavy atom. The SMILES string of the molecule is Cc1cc(F)ccc1C(NN)c1cccc(OC(F)F)c1. The van der Waals surface area contributed by atoms with Crippen LogP contribution in [0.3, 0.4) is 0 Å². The smallest absolute Gasteiger partial charge is 0.387 e. The van der Waals surface area contributed by atoms with Gasteiger partial charge in [-0.3, -0.25) is 5.84 Å². The third-order valence-electron chi connectivity index (χ3n) is 3.13. The molecule has 0 aliphatic carbocycles. The Morgan fingerprint density at radius 1 is 1.14 bits per heavy atom. The zero-order chi connectivity index (χ0) is 15.4. The lowest BCUT2D eigenvalue weighted by atomic mass is 9.95. The molecule has 0 saturated heterocycles. The second-order valence-corrected chi connectivity index (χ2v) is 4.55. The van der Waals surface area contributed by atoms with E-state index in [0.29, 0.717) is 11.1 Å². The molecule has 0 amide bonds. The van der Waals surface area contributed by atoms with Gasteiger partial charge in [-0.1, -0.05) is 18.2 Å². The molecule has 0 heterocycles. The lowest BCUT2D eigenvalue weighted by molar-refractivity contribution is -0.0498. The second kappa shape index (κ2) is 6.60. The van der Waals surface area contributed by atoms with Crippen LogP contribution >= 0.6 is 0 Å². The fourth-order valence-electron chi connectivity index (χ4n) is 2.20. The van der Waals surface area contributed by atoms with Crippen LogP contribution in [0.15, 0.2) is 42.5 Å². The fourth-order valence-corrected chi connectivity index (χ4v) is 2.20. The van der Waals surface area contributed by atoms with Gasteiger partial charge in [0.25, 0.3) is 0 Å². The number of benzene rings is 2. The van der Waals surface area contributed by atoms with Gasteiger partial charge in [0.2, 0.25) is 0 Å². The number of alkyl halides is 2. The first-order chi connectivity index (χ1) is 10.0. The Labute approximate surface area is 120 Å². The van der Waals surface area contributed by atoms with E-state index in [1.54, 1.807) is 25.1 Å². The van der Waals surface area contributed by atoms with Crippen LogP contribution < -0.4 is 16.0 Å². The third kappa shape index (κ3) is 3.74. The molecule has 3 N–H and O–H groups in total. The second-order valence-electron chi connectivity index (χ2n) is 4.55. The maximum Gasteiger partial charge on any atom is 0.387 e. The monoisotopic (exact) mass is 296 g/mol. The van der Waals surface area contributed by atoms with Gasteiger partial charge >= 0.3 is 6.61 Å². The van der Waals surface area contributed by atoms with Gasteiger partial charge in [-0.25, -0.2) is 9.82 Å². The van der Waals surface area contributed by atoms with Crippen molar-refractivity contribution in [3.63, 3.8) is 0 Å². The van der Waals surface area contributed by atoms with Crippen LogP contribution in [0.2, 0.25) is 0 Å². The maximum atomic E-state index is 13.2. The molecule has 1 atom stereocenters. The molecule has 6 heteroatoms. The van der Waals surface area contributed by atoms with Gasteiger partial charge in [0.05, 0.1) is 6.04 Å². The third-order valence-corrected chi connectivity index (χ3v) is 3.13. The van der Waals surface area contributed by atoms with Gasteiger partial charge in [0.15, 0.2) is 0 Å². The molecule has 0 aliphatic heterocycles. The van der Waals surface area contributed by atoms with Crippen molar-refractivity contribution < 1.29 is 17.9 Å². The molecular formula is C15H15F3N2O. The van der Waals surface area contributed by atoms with Crippen molar-refractivity contribution in [1.82, 2.24) is 5.43 Å². The highest BCUT2D eigenvalue weighted by Crippen LogP contribution is 2.27. The van der Waals surface area contributed by atoms with E-state index in [1.165, 1.54) is 24.3 Å². The average Bonchev–Trinajstić information content (AvgIpc) is 2.41. The van der Waals surface area contributed by atoms with Gasteiger partial charge in [0.1, 0.15) is 11.6 Å². The van der Waals surface area contributed by atoms with E-state index >= 15 is 0 Å². The van der Waals surface area contributed by atoms with Crippen LogP contribution in [-0.2, 0) is 0 Å². The molecule has 0 fully saturated rings. The van der Waals surface area contributed by atoms with Gasteiger partial charge in [-0.05, 0) is 47.9 Å². The molecule has 0 spiro atoms. The number of aryl methyl sites for hydroxylation is 1. The number of nitrogens with two attached hydrogens (primary N) is 1. The summed E-state index contributed by atoms with van der Waals surface area (Å²) in [5.41, 5.74) is 4.72. The van der Waals surface area contributed by atoms with Crippen LogP contribution in [0.1, 0.15) is 22.7 Å². The minimum absolute atomic E-state index is 0.0440. The standard InChI is InChI=1S/C15H15F3N2O/c1-9-7-11(16)5-6-13(9)14(20-19)10-3-2-4-12(8-10)21-15(17)18/h2-8,14-15,20H,19H2,1H3. The Balaban J connectivity index is 2.37. The predicted octanol–water partition coefficient (Wildman–Crippen LogP) is 3.29. The summed E-state index contributed by atoms with van der Waals surface area (Å²) in [6.45, 7) is -1.14. The zero-order valence-corrected chi connectivity index (χ0v) is 11.3. The number of halogens is 3. The van der Waals surface area contributed by atoms with Gasteiger partial charge in [-0.2, -0.15) is 8.78 Å². The molecule has 0 saturated carbocycles. The normalized spacial score (nSPS) is 12.5. The maximum absolute atomic E-state index is 13.2. The first-order valence-corrected chi connectivity index (χ1v) is 6.28. The molecule has 2 aromatic carbocycles. The van der Waals surface area contributed by atoms with Crippen molar-refractivity contribution in [1.29, 1.82) is 0 Å². The number of hydrogen-bond donors (Lipinski definition) is 2. The summed E-state index contributed by atoms with van der Waals surface area (Å²) in [6, 6.07) is 10.1. The molecule has 0 aromatic heterocycles. The van der Waals surface area contributed by atoms with Gasteiger partial charge in [-0.15, -0.1) is 0 Å². The number of rotatable bonds is 5. The molecule has 2 rings (SSSR count). The number of ether oxygens (including phenoxy) is 1. The number of hydrogen-bond acceptors (Lipinski definition) is 3. The summed E-state index contributed by atoms with van der Waals surface area (Å²) in [4.78, 5) is 0. The highest BCUT2D eigenvalue weighted by molar-refractivity contribution is 5.39. The molecule has 21 heavy (non-hydrogen) atoms. The topological polar surface area (TPSA) is 47.3 Å². The molecule has 0 bridgehead atoms. The van der Waals surface area contributed by atoms with E-state index in [4.69, 9.17) is 5.84 Å². The Morgan fingerprint density at radius 2 is 1.90 bits per heavy atom. The van der Waals surface area contributed by atoms with Crippen molar-refractivity contribution in [3.05, 3.63) is 65.0 Å². The van der Waals surface area contributed by atoms with Crippen molar-refractivity contribution in [3.8, 4) is 5.75 Å². The van der Waals surface area contributed by atoms with E-state index < -0.39 is 12.7 Å². The quantitative estimate of drug-likeness (QED) is 0.657. The molecule has 112 valence electrons. The predicted molar refractivity (Wildman–Crippen MR) is 73.4 cm³/mol. The van der Waals surface area contributed by atoms with Crippen LogP contribution in [-0.4, -0.2) is 6.61 Å². The molecule has 2 aromatic rings.